The molecule has 4 aromatic heterocycles. The minimum absolute atomic E-state index is 0.00657. The van der Waals surface area contributed by atoms with E-state index in [1.165, 1.54) is 35.7 Å². The second-order valence-corrected chi connectivity index (χ2v) is 10.4. The number of aromatic nitrogens is 4. The smallest absolute Gasteiger partial charge is 0.268 e. The topological polar surface area (TPSA) is 106 Å². The van der Waals surface area contributed by atoms with Crippen molar-refractivity contribution in [1.29, 1.82) is 0 Å². The summed E-state index contributed by atoms with van der Waals surface area (Å²) in [5, 5.41) is 2.92. The van der Waals surface area contributed by atoms with Gasteiger partial charge in [0.2, 0.25) is 5.95 Å². The first-order valence-corrected chi connectivity index (χ1v) is 13.6. The second-order valence-electron chi connectivity index (χ2n) is 9.35. The van der Waals surface area contributed by atoms with Crippen LogP contribution in [0, 0.1) is 11.6 Å². The number of carbonyl (C=O) groups is 2. The van der Waals surface area contributed by atoms with Crippen LogP contribution in [-0.4, -0.2) is 38.4 Å². The van der Waals surface area contributed by atoms with Crippen LogP contribution in [0.15, 0.2) is 90.1 Å². The van der Waals surface area contributed by atoms with E-state index in [4.69, 9.17) is 9.40 Å². The minimum atomic E-state index is -1.10. The summed E-state index contributed by atoms with van der Waals surface area (Å²) in [6.07, 6.45) is 7.03. The van der Waals surface area contributed by atoms with Crippen LogP contribution in [0.1, 0.15) is 25.6 Å². The standard InChI is InChI=1S/C30H22F2N6O3S/c1-37(29(40)19-4-6-21(31)22(32)13-19)20-5-7-24-23(14-20)35-30(38(24)12-10-18-3-2-11-33-15-18)36-28(39)27-9-8-26(42-27)25-16-34-17-41-25/h2-9,11,13-17H,10,12H2,1H3,(H,35,36,39). The molecule has 0 aliphatic heterocycles. The first kappa shape index (κ1) is 27.0. The van der Waals surface area contributed by atoms with Gasteiger partial charge in [0.25, 0.3) is 11.8 Å². The molecule has 0 saturated heterocycles. The molecule has 0 fully saturated rings. The van der Waals surface area contributed by atoms with Crippen molar-refractivity contribution in [2.24, 2.45) is 0 Å². The average molecular weight is 585 g/mol. The summed E-state index contributed by atoms with van der Waals surface area (Å²) >= 11 is 1.26. The number of nitrogens with one attached hydrogen (secondary N) is 1. The molecule has 12 heteroatoms. The molecule has 42 heavy (non-hydrogen) atoms. The number of fused-ring (bicyclic) bond motifs is 1. The van der Waals surface area contributed by atoms with Crippen molar-refractivity contribution >= 4 is 45.8 Å². The Bertz CT molecular complexity index is 1900. The third-order valence-corrected chi connectivity index (χ3v) is 7.77. The quantitative estimate of drug-likeness (QED) is 0.228. The summed E-state index contributed by atoms with van der Waals surface area (Å²) in [5.74, 6) is -2.08. The van der Waals surface area contributed by atoms with Crippen molar-refractivity contribution in [3.05, 3.63) is 113 Å². The van der Waals surface area contributed by atoms with Crippen molar-refractivity contribution in [1.82, 2.24) is 19.5 Å². The number of thiophene rings is 1. The van der Waals surface area contributed by atoms with E-state index in [0.29, 0.717) is 40.8 Å². The summed E-state index contributed by atoms with van der Waals surface area (Å²) in [5.41, 5.74) is 2.78. The van der Waals surface area contributed by atoms with Crippen LogP contribution in [0.25, 0.3) is 21.7 Å². The van der Waals surface area contributed by atoms with Gasteiger partial charge in [-0.25, -0.2) is 18.7 Å². The number of halogens is 2. The van der Waals surface area contributed by atoms with Gasteiger partial charge >= 0.3 is 0 Å². The highest BCUT2D eigenvalue weighted by Gasteiger charge is 2.20. The predicted molar refractivity (Wildman–Crippen MR) is 155 cm³/mol. The molecular weight excluding hydrogens is 562 g/mol. The number of benzene rings is 2. The lowest BCUT2D eigenvalue weighted by molar-refractivity contribution is 0.0990. The maximum atomic E-state index is 13.8. The lowest BCUT2D eigenvalue weighted by atomic mass is 10.1. The molecule has 2 aromatic carbocycles. The number of rotatable bonds is 8. The normalized spacial score (nSPS) is 11.1. The Morgan fingerprint density at radius 1 is 1.02 bits per heavy atom. The molecule has 0 spiro atoms. The van der Waals surface area contributed by atoms with Gasteiger partial charge in [-0.3, -0.25) is 19.9 Å². The zero-order chi connectivity index (χ0) is 29.2. The lowest BCUT2D eigenvalue weighted by Crippen LogP contribution is -2.26. The van der Waals surface area contributed by atoms with Gasteiger partial charge in [-0.15, -0.1) is 11.3 Å². The molecule has 9 nitrogen and oxygen atoms in total. The molecular formula is C30H22F2N6O3S. The predicted octanol–water partition coefficient (Wildman–Crippen LogP) is 6.20. The number of pyridine rings is 1. The first-order chi connectivity index (χ1) is 20.4. The van der Waals surface area contributed by atoms with E-state index < -0.39 is 17.5 Å². The Labute approximate surface area is 242 Å². The maximum absolute atomic E-state index is 13.8. The summed E-state index contributed by atoms with van der Waals surface area (Å²) in [6.45, 7) is 0.495. The van der Waals surface area contributed by atoms with Crippen molar-refractivity contribution in [3.63, 3.8) is 0 Å². The average Bonchev–Trinajstić information content (AvgIpc) is 3.77. The van der Waals surface area contributed by atoms with E-state index in [1.807, 2.05) is 16.7 Å². The fourth-order valence-corrected chi connectivity index (χ4v) is 5.32. The number of hydrogen-bond acceptors (Lipinski definition) is 7. The summed E-state index contributed by atoms with van der Waals surface area (Å²) < 4.78 is 34.4. The monoisotopic (exact) mass is 584 g/mol. The third kappa shape index (κ3) is 5.39. The Balaban J connectivity index is 1.31. The van der Waals surface area contributed by atoms with Gasteiger partial charge in [-0.05, 0) is 66.6 Å². The number of anilines is 2. The summed E-state index contributed by atoms with van der Waals surface area (Å²) in [6, 6.07) is 15.6. The van der Waals surface area contributed by atoms with Gasteiger partial charge in [-0.2, -0.15) is 0 Å². The van der Waals surface area contributed by atoms with Crippen LogP contribution in [0.4, 0.5) is 20.4 Å². The lowest BCUT2D eigenvalue weighted by Gasteiger charge is -2.17. The highest BCUT2D eigenvalue weighted by molar-refractivity contribution is 7.17. The van der Waals surface area contributed by atoms with Crippen LogP contribution in [0.5, 0.6) is 0 Å². The largest absolute Gasteiger partial charge is 0.443 e. The zero-order valence-electron chi connectivity index (χ0n) is 22.1. The number of oxazole rings is 1. The Hall–Kier alpha value is -5.23. The molecule has 0 aliphatic carbocycles. The van der Waals surface area contributed by atoms with Gasteiger partial charge < -0.3 is 13.9 Å². The Morgan fingerprint density at radius 3 is 2.67 bits per heavy atom. The molecule has 6 rings (SSSR count). The van der Waals surface area contributed by atoms with Gasteiger partial charge in [0.1, 0.15) is 0 Å². The number of hydrogen-bond donors (Lipinski definition) is 1. The fraction of sp³-hybridized carbons (Fsp3) is 0.100. The molecule has 0 saturated carbocycles. The molecule has 0 bridgehead atoms. The van der Waals surface area contributed by atoms with Gasteiger partial charge in [0, 0.05) is 37.2 Å². The zero-order valence-corrected chi connectivity index (χ0v) is 22.9. The van der Waals surface area contributed by atoms with Gasteiger partial charge in [0.15, 0.2) is 23.8 Å². The first-order valence-electron chi connectivity index (χ1n) is 12.8. The Kier molecular flexibility index (Phi) is 7.28. The van der Waals surface area contributed by atoms with Crippen molar-refractivity contribution in [3.8, 4) is 10.6 Å². The molecule has 0 atom stereocenters. The van der Waals surface area contributed by atoms with Crippen LogP contribution >= 0.6 is 11.3 Å². The van der Waals surface area contributed by atoms with Crippen molar-refractivity contribution in [2.45, 2.75) is 13.0 Å². The molecule has 1 N–H and O–H groups in total. The minimum Gasteiger partial charge on any atom is -0.443 e. The van der Waals surface area contributed by atoms with E-state index in [2.05, 4.69) is 15.3 Å². The van der Waals surface area contributed by atoms with E-state index in [0.717, 1.165) is 28.1 Å². The highest BCUT2D eigenvalue weighted by atomic mass is 32.1. The number of carbonyl (C=O) groups excluding carboxylic acids is 2. The van der Waals surface area contributed by atoms with Gasteiger partial charge in [0.05, 0.1) is 27.0 Å². The van der Waals surface area contributed by atoms with Crippen LogP contribution in [-0.2, 0) is 13.0 Å². The fourth-order valence-electron chi connectivity index (χ4n) is 4.47. The molecule has 0 radical (unpaired) electrons. The SMILES string of the molecule is CN(C(=O)c1ccc(F)c(F)c1)c1ccc2c(c1)nc(NC(=O)c1ccc(-c3cnco3)s1)n2CCc1cccnc1. The van der Waals surface area contributed by atoms with Crippen molar-refractivity contribution < 1.29 is 22.8 Å². The molecule has 4 heterocycles. The second kappa shape index (κ2) is 11.3. The molecule has 6 aromatic rings. The number of nitrogens with zero attached hydrogens (tertiary/aromatic N) is 5. The molecule has 0 unspecified atom stereocenters. The van der Waals surface area contributed by atoms with E-state index in [-0.39, 0.29) is 11.5 Å². The number of amides is 2. The van der Waals surface area contributed by atoms with Crippen LogP contribution in [0.2, 0.25) is 0 Å². The van der Waals surface area contributed by atoms with E-state index >= 15 is 0 Å². The van der Waals surface area contributed by atoms with Crippen LogP contribution < -0.4 is 10.2 Å². The molecule has 210 valence electrons. The van der Waals surface area contributed by atoms with Crippen LogP contribution in [0.3, 0.4) is 0 Å². The number of imidazole rings is 1. The van der Waals surface area contributed by atoms with E-state index in [9.17, 15) is 18.4 Å². The third-order valence-electron chi connectivity index (χ3n) is 6.67. The Morgan fingerprint density at radius 2 is 1.90 bits per heavy atom. The summed E-state index contributed by atoms with van der Waals surface area (Å²) in [7, 11) is 1.54. The molecule has 2 amide bonds. The molecule has 0 aliphatic rings. The summed E-state index contributed by atoms with van der Waals surface area (Å²) in [4.78, 5) is 41.6. The maximum Gasteiger partial charge on any atom is 0.268 e. The van der Waals surface area contributed by atoms with E-state index in [1.54, 1.807) is 48.9 Å². The van der Waals surface area contributed by atoms with Gasteiger partial charge in [-0.1, -0.05) is 6.07 Å². The highest BCUT2D eigenvalue weighted by Crippen LogP contribution is 2.30. The van der Waals surface area contributed by atoms with Crippen molar-refractivity contribution in [2.75, 3.05) is 17.3 Å². The number of aryl methyl sites for hydroxylation is 2.